The summed E-state index contributed by atoms with van der Waals surface area (Å²) in [5, 5.41) is 17.0. The number of aromatic nitrogens is 5. The summed E-state index contributed by atoms with van der Waals surface area (Å²) < 4.78 is 5.93. The molecule has 0 unspecified atom stereocenters. The fraction of sp³-hybridized carbons (Fsp3) is 0.250. The number of hydrogen-bond donors (Lipinski definition) is 2. The zero-order valence-corrected chi connectivity index (χ0v) is 20.2. The summed E-state index contributed by atoms with van der Waals surface area (Å²) >= 11 is 6.59. The van der Waals surface area contributed by atoms with Crippen molar-refractivity contribution < 1.29 is 14.4 Å². The van der Waals surface area contributed by atoms with Crippen LogP contribution >= 0.6 is 11.6 Å². The Balaban J connectivity index is 1.88. The Bertz CT molecular complexity index is 1450. The second-order valence-electron chi connectivity index (χ2n) is 8.17. The minimum absolute atomic E-state index is 0.256. The van der Waals surface area contributed by atoms with Crippen LogP contribution in [0.3, 0.4) is 0 Å². The Morgan fingerprint density at radius 3 is 2.63 bits per heavy atom. The van der Waals surface area contributed by atoms with Crippen LogP contribution in [-0.4, -0.2) is 35.7 Å². The first-order chi connectivity index (χ1) is 16.7. The Hall–Kier alpha value is -4.05. The molecule has 3 aromatic heterocycles. The van der Waals surface area contributed by atoms with Gasteiger partial charge in [-0.3, -0.25) is 24.1 Å². The average molecular weight is 495 g/mol. The highest BCUT2D eigenvalue weighted by Crippen LogP contribution is 2.40. The summed E-state index contributed by atoms with van der Waals surface area (Å²) in [6.45, 7) is 5.55. The lowest BCUT2D eigenvalue weighted by Crippen LogP contribution is -2.30. The summed E-state index contributed by atoms with van der Waals surface area (Å²) in [5.74, 6) is -2.23. The molecule has 180 valence electrons. The molecular formula is C24H23ClN6O4. The number of aryl methyl sites for hydroxylation is 2. The van der Waals surface area contributed by atoms with E-state index in [0.29, 0.717) is 16.4 Å². The standard InChI is InChI=1S/C24H23ClN6O4/c1-12-9-26-14(3)19(28-12)18(16-7-5-6-8-17(16)25)13(2)22-30-20(21(32)24(34)31(22)4)23(33)29-15-10-27-35-11-15/h5-11,13,18,32H,1-4H3,(H,29,33)/t13-,18-/m1/s1. The van der Waals surface area contributed by atoms with Gasteiger partial charge in [0.1, 0.15) is 17.8 Å². The van der Waals surface area contributed by atoms with Crippen LogP contribution < -0.4 is 10.9 Å². The molecule has 2 atom stereocenters. The predicted molar refractivity (Wildman–Crippen MR) is 129 cm³/mol. The van der Waals surface area contributed by atoms with Gasteiger partial charge >= 0.3 is 0 Å². The van der Waals surface area contributed by atoms with Gasteiger partial charge in [-0.1, -0.05) is 41.9 Å². The van der Waals surface area contributed by atoms with Crippen molar-refractivity contribution in [2.24, 2.45) is 7.05 Å². The Morgan fingerprint density at radius 2 is 1.94 bits per heavy atom. The predicted octanol–water partition coefficient (Wildman–Crippen LogP) is 3.72. The second-order valence-corrected chi connectivity index (χ2v) is 8.58. The van der Waals surface area contributed by atoms with Gasteiger partial charge in [0.05, 0.1) is 23.3 Å². The van der Waals surface area contributed by atoms with Crippen LogP contribution in [0.15, 0.2) is 52.2 Å². The third-order valence-electron chi connectivity index (χ3n) is 5.76. The van der Waals surface area contributed by atoms with Crippen molar-refractivity contribution in [3.63, 3.8) is 0 Å². The minimum atomic E-state index is -0.780. The molecule has 11 heteroatoms. The highest BCUT2D eigenvalue weighted by Gasteiger charge is 2.32. The van der Waals surface area contributed by atoms with E-state index in [4.69, 9.17) is 21.1 Å². The first-order valence-corrected chi connectivity index (χ1v) is 11.1. The van der Waals surface area contributed by atoms with Gasteiger partial charge in [0, 0.05) is 30.1 Å². The number of anilines is 1. The summed E-state index contributed by atoms with van der Waals surface area (Å²) in [6, 6.07) is 7.34. The monoisotopic (exact) mass is 494 g/mol. The number of amides is 1. The van der Waals surface area contributed by atoms with E-state index < -0.39 is 34.7 Å². The summed E-state index contributed by atoms with van der Waals surface area (Å²) in [7, 11) is 1.49. The van der Waals surface area contributed by atoms with E-state index in [1.54, 1.807) is 12.3 Å². The first kappa shape index (κ1) is 24.1. The molecule has 2 N–H and O–H groups in total. The third kappa shape index (κ3) is 4.65. The maximum Gasteiger partial charge on any atom is 0.296 e. The number of carbonyl (C=O) groups is 1. The Kier molecular flexibility index (Phi) is 6.65. The number of aromatic hydroxyl groups is 1. The van der Waals surface area contributed by atoms with E-state index in [0.717, 1.165) is 11.3 Å². The maximum absolute atomic E-state index is 12.9. The van der Waals surface area contributed by atoms with Gasteiger partial charge in [0.2, 0.25) is 5.75 Å². The van der Waals surface area contributed by atoms with Crippen LogP contribution in [0.4, 0.5) is 5.69 Å². The quantitative estimate of drug-likeness (QED) is 0.414. The molecule has 0 aliphatic rings. The van der Waals surface area contributed by atoms with Gasteiger partial charge in [-0.15, -0.1) is 0 Å². The van der Waals surface area contributed by atoms with Crippen LogP contribution in [0.5, 0.6) is 5.75 Å². The van der Waals surface area contributed by atoms with Crippen molar-refractivity contribution in [1.82, 2.24) is 24.7 Å². The van der Waals surface area contributed by atoms with Crippen molar-refractivity contribution in [1.29, 1.82) is 0 Å². The van der Waals surface area contributed by atoms with Crippen molar-refractivity contribution in [2.75, 3.05) is 5.32 Å². The first-order valence-electron chi connectivity index (χ1n) is 10.7. The number of rotatable bonds is 6. The lowest BCUT2D eigenvalue weighted by Gasteiger charge is -2.27. The second kappa shape index (κ2) is 9.67. The van der Waals surface area contributed by atoms with Crippen LogP contribution in [0, 0.1) is 13.8 Å². The molecule has 3 heterocycles. The largest absolute Gasteiger partial charge is 0.501 e. The SMILES string of the molecule is Cc1cnc(C)c([C@@H](c2ccccc2Cl)[C@@H](C)c2nc(C(=O)Nc3cnoc3)c(O)c(=O)n2C)n1. The van der Waals surface area contributed by atoms with Gasteiger partial charge in [-0.05, 0) is 25.5 Å². The fourth-order valence-corrected chi connectivity index (χ4v) is 4.26. The topological polar surface area (TPSA) is 136 Å². The fourth-order valence-electron chi connectivity index (χ4n) is 4.01. The van der Waals surface area contributed by atoms with Gasteiger partial charge in [0.25, 0.3) is 11.5 Å². The van der Waals surface area contributed by atoms with Gasteiger partial charge < -0.3 is 14.9 Å². The van der Waals surface area contributed by atoms with Crippen molar-refractivity contribution in [2.45, 2.75) is 32.6 Å². The highest BCUT2D eigenvalue weighted by molar-refractivity contribution is 6.31. The molecule has 0 fully saturated rings. The molecule has 4 rings (SSSR count). The van der Waals surface area contributed by atoms with E-state index in [1.807, 2.05) is 39.0 Å². The minimum Gasteiger partial charge on any atom is -0.501 e. The normalized spacial score (nSPS) is 12.8. The molecule has 0 radical (unpaired) electrons. The summed E-state index contributed by atoms with van der Waals surface area (Å²) in [5.41, 5.74) is 1.93. The van der Waals surface area contributed by atoms with E-state index in [9.17, 15) is 14.7 Å². The molecule has 0 saturated carbocycles. The molecule has 10 nitrogen and oxygen atoms in total. The maximum atomic E-state index is 12.9. The smallest absolute Gasteiger partial charge is 0.296 e. The summed E-state index contributed by atoms with van der Waals surface area (Å²) in [6.07, 6.45) is 4.17. The zero-order valence-electron chi connectivity index (χ0n) is 19.5. The highest BCUT2D eigenvalue weighted by atomic mass is 35.5. The molecule has 1 aromatic carbocycles. The summed E-state index contributed by atoms with van der Waals surface area (Å²) in [4.78, 5) is 39.4. The number of benzene rings is 1. The molecule has 1 amide bonds. The van der Waals surface area contributed by atoms with Crippen LogP contribution in [0.1, 0.15) is 57.7 Å². The van der Waals surface area contributed by atoms with Crippen LogP contribution in [0.2, 0.25) is 5.02 Å². The average Bonchev–Trinajstić information content (AvgIpc) is 3.34. The van der Waals surface area contributed by atoms with E-state index in [1.165, 1.54) is 24.1 Å². The molecule has 0 aliphatic carbocycles. The van der Waals surface area contributed by atoms with Gasteiger partial charge in [0.15, 0.2) is 5.69 Å². The lowest BCUT2D eigenvalue weighted by molar-refractivity contribution is 0.101. The molecule has 0 bridgehead atoms. The molecule has 4 aromatic rings. The Morgan fingerprint density at radius 1 is 1.20 bits per heavy atom. The van der Waals surface area contributed by atoms with E-state index in [-0.39, 0.29) is 11.5 Å². The van der Waals surface area contributed by atoms with Crippen LogP contribution in [0.25, 0.3) is 0 Å². The van der Waals surface area contributed by atoms with Crippen LogP contribution in [-0.2, 0) is 7.05 Å². The van der Waals surface area contributed by atoms with Crippen molar-refractivity contribution in [3.05, 3.63) is 92.5 Å². The molecule has 0 spiro atoms. The molecular weight excluding hydrogens is 472 g/mol. The number of nitrogens with one attached hydrogen (secondary N) is 1. The molecule has 35 heavy (non-hydrogen) atoms. The molecule has 0 aliphatic heterocycles. The van der Waals surface area contributed by atoms with Crippen molar-refractivity contribution >= 4 is 23.2 Å². The van der Waals surface area contributed by atoms with Gasteiger partial charge in [-0.25, -0.2) is 4.98 Å². The number of nitrogens with zero attached hydrogens (tertiary/aromatic N) is 5. The molecule has 0 saturated heterocycles. The van der Waals surface area contributed by atoms with Crippen molar-refractivity contribution in [3.8, 4) is 5.75 Å². The zero-order chi connectivity index (χ0) is 25.3. The Labute approximate surface area is 205 Å². The van der Waals surface area contributed by atoms with Gasteiger partial charge in [-0.2, -0.15) is 0 Å². The van der Waals surface area contributed by atoms with E-state index >= 15 is 0 Å². The van der Waals surface area contributed by atoms with E-state index in [2.05, 4.69) is 20.4 Å². The number of hydrogen-bond acceptors (Lipinski definition) is 8. The number of carbonyl (C=O) groups excluding carboxylic acids is 1. The third-order valence-corrected chi connectivity index (χ3v) is 6.11. The lowest BCUT2D eigenvalue weighted by atomic mass is 9.82. The number of halogens is 1.